The van der Waals surface area contributed by atoms with E-state index < -0.39 is 0 Å². The van der Waals surface area contributed by atoms with E-state index in [1.807, 2.05) is 0 Å². The Morgan fingerprint density at radius 3 is 2.35 bits per heavy atom. The van der Waals surface area contributed by atoms with Crippen LogP contribution in [0, 0.1) is 0 Å². The second-order valence-electron chi connectivity index (χ2n) is 5.88. The fraction of sp³-hybridized carbons (Fsp3) is 0.600. The van der Waals surface area contributed by atoms with Crippen molar-refractivity contribution in [1.82, 2.24) is 5.32 Å². The van der Waals surface area contributed by atoms with Crippen LogP contribution >= 0.6 is 0 Å². The highest BCUT2D eigenvalue weighted by atomic mass is 16.5. The number of morpholine rings is 1. The lowest BCUT2D eigenvalue weighted by molar-refractivity contribution is 0.00755. The van der Waals surface area contributed by atoms with Gasteiger partial charge in [-0.3, -0.25) is 0 Å². The fourth-order valence-electron chi connectivity index (χ4n) is 2.30. The van der Waals surface area contributed by atoms with E-state index in [0.717, 1.165) is 13.2 Å². The summed E-state index contributed by atoms with van der Waals surface area (Å²) in [5.74, 6) is 0. The molecule has 94 valence electrons. The van der Waals surface area contributed by atoms with Gasteiger partial charge in [-0.2, -0.15) is 0 Å². The molecule has 0 saturated carbocycles. The number of rotatable bonds is 1. The highest BCUT2D eigenvalue weighted by Crippen LogP contribution is 2.26. The van der Waals surface area contributed by atoms with Gasteiger partial charge in [-0.1, -0.05) is 45.0 Å². The van der Waals surface area contributed by atoms with Crippen LogP contribution in [-0.2, 0) is 10.2 Å². The average Bonchev–Trinajstić information content (AvgIpc) is 2.29. The van der Waals surface area contributed by atoms with Crippen molar-refractivity contribution in [2.75, 3.05) is 13.2 Å². The zero-order chi connectivity index (χ0) is 12.5. The lowest BCUT2D eigenvalue weighted by atomic mass is 9.86. The van der Waals surface area contributed by atoms with E-state index >= 15 is 0 Å². The van der Waals surface area contributed by atoms with Crippen LogP contribution in [0.5, 0.6) is 0 Å². The van der Waals surface area contributed by atoms with Gasteiger partial charge in [0.2, 0.25) is 0 Å². The average molecular weight is 233 g/mol. The summed E-state index contributed by atoms with van der Waals surface area (Å²) in [5, 5.41) is 3.52. The first kappa shape index (κ1) is 12.6. The van der Waals surface area contributed by atoms with Crippen LogP contribution < -0.4 is 5.32 Å². The molecule has 2 nitrogen and oxygen atoms in total. The van der Waals surface area contributed by atoms with Gasteiger partial charge in [0.1, 0.15) is 0 Å². The van der Waals surface area contributed by atoms with Crippen molar-refractivity contribution in [3.8, 4) is 0 Å². The molecular weight excluding hydrogens is 210 g/mol. The zero-order valence-corrected chi connectivity index (χ0v) is 11.3. The molecule has 0 bridgehead atoms. The zero-order valence-electron chi connectivity index (χ0n) is 11.3. The Hall–Kier alpha value is -0.860. The summed E-state index contributed by atoms with van der Waals surface area (Å²) in [7, 11) is 0. The lowest BCUT2D eigenvalue weighted by Crippen LogP contribution is -2.40. The molecule has 1 N–H and O–H groups in total. The van der Waals surface area contributed by atoms with E-state index in [1.165, 1.54) is 11.1 Å². The SMILES string of the molecule is CC1OCCNC1c1ccc(C(C)(C)C)cc1. The molecule has 0 spiro atoms. The first-order valence-corrected chi connectivity index (χ1v) is 6.44. The maximum Gasteiger partial charge on any atom is 0.0742 e. The Labute approximate surface area is 104 Å². The Morgan fingerprint density at radius 1 is 1.18 bits per heavy atom. The summed E-state index contributed by atoms with van der Waals surface area (Å²) in [6.45, 7) is 10.6. The standard InChI is InChI=1S/C15H23NO/c1-11-14(16-9-10-17-11)12-5-7-13(8-6-12)15(2,3)4/h5-8,11,14,16H,9-10H2,1-4H3. The third-order valence-electron chi connectivity index (χ3n) is 3.45. The monoisotopic (exact) mass is 233 g/mol. The summed E-state index contributed by atoms with van der Waals surface area (Å²) in [4.78, 5) is 0. The fourth-order valence-corrected chi connectivity index (χ4v) is 2.30. The minimum atomic E-state index is 0.223. The number of benzene rings is 1. The predicted molar refractivity (Wildman–Crippen MR) is 71.3 cm³/mol. The number of hydrogen-bond donors (Lipinski definition) is 1. The van der Waals surface area contributed by atoms with E-state index in [4.69, 9.17) is 4.74 Å². The van der Waals surface area contributed by atoms with Gasteiger partial charge in [0.25, 0.3) is 0 Å². The molecule has 1 aliphatic rings. The Kier molecular flexibility index (Phi) is 3.55. The molecule has 2 heteroatoms. The second kappa shape index (κ2) is 4.79. The van der Waals surface area contributed by atoms with Crippen LogP contribution in [0.15, 0.2) is 24.3 Å². The highest BCUT2D eigenvalue weighted by Gasteiger charge is 2.23. The minimum Gasteiger partial charge on any atom is -0.375 e. The third-order valence-corrected chi connectivity index (χ3v) is 3.45. The molecule has 0 radical (unpaired) electrons. The first-order valence-electron chi connectivity index (χ1n) is 6.44. The summed E-state index contributed by atoms with van der Waals surface area (Å²) < 4.78 is 5.68. The second-order valence-corrected chi connectivity index (χ2v) is 5.88. The highest BCUT2D eigenvalue weighted by molar-refractivity contribution is 5.29. The topological polar surface area (TPSA) is 21.3 Å². The first-order chi connectivity index (χ1) is 7.98. The molecule has 1 aliphatic heterocycles. The van der Waals surface area contributed by atoms with Crippen LogP contribution in [0.3, 0.4) is 0 Å². The van der Waals surface area contributed by atoms with Crippen LogP contribution in [0.1, 0.15) is 44.9 Å². The van der Waals surface area contributed by atoms with Crippen molar-refractivity contribution in [2.45, 2.75) is 45.3 Å². The van der Waals surface area contributed by atoms with Crippen molar-refractivity contribution in [2.24, 2.45) is 0 Å². The largest absolute Gasteiger partial charge is 0.375 e. The van der Waals surface area contributed by atoms with E-state index in [0.29, 0.717) is 6.04 Å². The van der Waals surface area contributed by atoms with Crippen molar-refractivity contribution in [3.05, 3.63) is 35.4 Å². The van der Waals surface area contributed by atoms with Gasteiger partial charge < -0.3 is 10.1 Å². The molecule has 2 atom stereocenters. The van der Waals surface area contributed by atoms with E-state index in [1.54, 1.807) is 0 Å². The molecule has 1 saturated heterocycles. The van der Waals surface area contributed by atoms with Gasteiger partial charge in [-0.05, 0) is 23.5 Å². The van der Waals surface area contributed by atoms with Crippen LogP contribution in [0.2, 0.25) is 0 Å². The molecule has 1 heterocycles. The van der Waals surface area contributed by atoms with Crippen molar-refractivity contribution >= 4 is 0 Å². The molecule has 0 aromatic heterocycles. The quantitative estimate of drug-likeness (QED) is 0.805. The van der Waals surface area contributed by atoms with Crippen LogP contribution in [0.4, 0.5) is 0 Å². The number of hydrogen-bond acceptors (Lipinski definition) is 2. The van der Waals surface area contributed by atoms with Gasteiger partial charge >= 0.3 is 0 Å². The van der Waals surface area contributed by atoms with E-state index in [2.05, 4.69) is 57.3 Å². The number of nitrogens with one attached hydrogen (secondary N) is 1. The van der Waals surface area contributed by atoms with Crippen LogP contribution in [-0.4, -0.2) is 19.3 Å². The molecular formula is C15H23NO. The predicted octanol–water partition coefficient (Wildman–Crippen LogP) is 3.03. The Balaban J connectivity index is 2.17. The van der Waals surface area contributed by atoms with E-state index in [-0.39, 0.29) is 11.5 Å². The minimum absolute atomic E-state index is 0.223. The molecule has 1 fully saturated rings. The van der Waals surface area contributed by atoms with Gasteiger partial charge in [0.15, 0.2) is 0 Å². The summed E-state index contributed by atoms with van der Waals surface area (Å²) in [6, 6.07) is 9.25. The molecule has 1 aromatic carbocycles. The van der Waals surface area contributed by atoms with Gasteiger partial charge in [-0.25, -0.2) is 0 Å². The lowest BCUT2D eigenvalue weighted by Gasteiger charge is -2.31. The Bertz CT molecular complexity index is 364. The molecule has 17 heavy (non-hydrogen) atoms. The molecule has 2 unspecified atom stereocenters. The maximum absolute atomic E-state index is 5.68. The molecule has 2 rings (SSSR count). The maximum atomic E-state index is 5.68. The summed E-state index contributed by atoms with van der Waals surface area (Å²) in [6.07, 6.45) is 0.254. The summed E-state index contributed by atoms with van der Waals surface area (Å²) in [5.41, 5.74) is 2.93. The van der Waals surface area contributed by atoms with Gasteiger partial charge in [-0.15, -0.1) is 0 Å². The molecule has 0 aliphatic carbocycles. The molecule has 1 aromatic rings. The number of ether oxygens (including phenoxy) is 1. The van der Waals surface area contributed by atoms with Crippen molar-refractivity contribution < 1.29 is 4.74 Å². The smallest absolute Gasteiger partial charge is 0.0742 e. The van der Waals surface area contributed by atoms with Crippen molar-refractivity contribution in [1.29, 1.82) is 0 Å². The molecule has 0 amide bonds. The third kappa shape index (κ3) is 2.88. The van der Waals surface area contributed by atoms with Crippen LogP contribution in [0.25, 0.3) is 0 Å². The van der Waals surface area contributed by atoms with Crippen molar-refractivity contribution in [3.63, 3.8) is 0 Å². The van der Waals surface area contributed by atoms with E-state index in [9.17, 15) is 0 Å². The van der Waals surface area contributed by atoms with Gasteiger partial charge in [0, 0.05) is 6.54 Å². The summed E-state index contributed by atoms with van der Waals surface area (Å²) >= 11 is 0. The van der Waals surface area contributed by atoms with Gasteiger partial charge in [0.05, 0.1) is 18.8 Å². The normalized spacial score (nSPS) is 25.9. The Morgan fingerprint density at radius 2 is 1.82 bits per heavy atom.